The summed E-state index contributed by atoms with van der Waals surface area (Å²) in [7, 11) is 0. The van der Waals surface area contributed by atoms with Gasteiger partial charge in [0.25, 0.3) is 5.56 Å². The van der Waals surface area contributed by atoms with E-state index < -0.39 is 5.97 Å². The molecular formula is C23H22FN7O3. The van der Waals surface area contributed by atoms with Gasteiger partial charge in [0, 0.05) is 17.6 Å². The fourth-order valence-electron chi connectivity index (χ4n) is 3.27. The largest absolute Gasteiger partial charge is 0.453 e. The number of ether oxygens (including phenoxy) is 1. The lowest BCUT2D eigenvalue weighted by molar-refractivity contribution is 0.0454. The van der Waals surface area contributed by atoms with Crippen molar-refractivity contribution in [3.05, 3.63) is 76.2 Å². The van der Waals surface area contributed by atoms with Gasteiger partial charge in [0.1, 0.15) is 5.82 Å². The van der Waals surface area contributed by atoms with Crippen LogP contribution in [0.25, 0.3) is 10.8 Å². The van der Waals surface area contributed by atoms with Gasteiger partial charge in [0.2, 0.25) is 11.9 Å². The second kappa shape index (κ2) is 9.61. The van der Waals surface area contributed by atoms with Crippen molar-refractivity contribution in [3.8, 4) is 0 Å². The summed E-state index contributed by atoms with van der Waals surface area (Å²) in [6.07, 6.45) is 0. The molecule has 4 aromatic rings. The molecule has 0 fully saturated rings. The van der Waals surface area contributed by atoms with Gasteiger partial charge in [0.15, 0.2) is 18.1 Å². The topological polar surface area (TPSA) is 138 Å². The zero-order valence-corrected chi connectivity index (χ0v) is 18.5. The highest BCUT2D eigenvalue weighted by Crippen LogP contribution is 2.17. The first-order chi connectivity index (χ1) is 16.3. The summed E-state index contributed by atoms with van der Waals surface area (Å²) in [4.78, 5) is 37.8. The maximum absolute atomic E-state index is 13.1. The quantitative estimate of drug-likeness (QED) is 0.396. The third kappa shape index (κ3) is 5.14. The molecule has 174 valence electrons. The molecule has 0 atom stereocenters. The lowest BCUT2D eigenvalue weighted by atomic mass is 10.1. The van der Waals surface area contributed by atoms with E-state index in [-0.39, 0.29) is 47.3 Å². The molecule has 2 heterocycles. The van der Waals surface area contributed by atoms with Crippen molar-refractivity contribution < 1.29 is 13.9 Å². The standard InChI is InChI=1S/C23H22FN7O3/c1-13(2)11-31-20(32)17-6-4-3-5-16(17)19(30-31)21(33)34-12-18-27-22(25)29-23(28-18)26-15-9-7-14(24)8-10-15/h3-10,13H,11-12H2,1-2H3,(H3,25,26,27,28,29). The van der Waals surface area contributed by atoms with Crippen LogP contribution in [0.5, 0.6) is 0 Å². The van der Waals surface area contributed by atoms with Gasteiger partial charge in [0.05, 0.1) is 5.39 Å². The van der Waals surface area contributed by atoms with Crippen molar-refractivity contribution >= 4 is 34.3 Å². The smallest absolute Gasteiger partial charge is 0.359 e. The maximum Gasteiger partial charge on any atom is 0.359 e. The van der Waals surface area contributed by atoms with E-state index in [0.29, 0.717) is 23.0 Å². The molecule has 4 rings (SSSR count). The normalized spacial score (nSPS) is 11.1. The number of nitrogens with two attached hydrogens (primary N) is 1. The highest BCUT2D eigenvalue weighted by atomic mass is 19.1. The average molecular weight is 463 g/mol. The van der Waals surface area contributed by atoms with E-state index in [1.54, 1.807) is 24.3 Å². The number of esters is 1. The van der Waals surface area contributed by atoms with E-state index in [0.717, 1.165) is 0 Å². The van der Waals surface area contributed by atoms with E-state index in [1.807, 2.05) is 13.8 Å². The van der Waals surface area contributed by atoms with Crippen LogP contribution in [0.2, 0.25) is 0 Å². The minimum absolute atomic E-state index is 0.0162. The second-order valence-corrected chi connectivity index (χ2v) is 7.92. The lowest BCUT2D eigenvalue weighted by Crippen LogP contribution is -2.28. The SMILES string of the molecule is CC(C)Cn1nc(C(=O)OCc2nc(N)nc(Nc3ccc(F)cc3)n2)c2ccccc2c1=O. The molecule has 0 aliphatic carbocycles. The summed E-state index contributed by atoms with van der Waals surface area (Å²) in [6.45, 7) is 3.95. The first-order valence-electron chi connectivity index (χ1n) is 10.5. The van der Waals surface area contributed by atoms with Crippen LogP contribution in [0.4, 0.5) is 22.0 Å². The zero-order chi connectivity index (χ0) is 24.2. The third-order valence-electron chi connectivity index (χ3n) is 4.73. The van der Waals surface area contributed by atoms with Gasteiger partial charge >= 0.3 is 5.97 Å². The van der Waals surface area contributed by atoms with Crippen molar-refractivity contribution in [2.24, 2.45) is 5.92 Å². The van der Waals surface area contributed by atoms with Gasteiger partial charge in [-0.05, 0) is 36.2 Å². The van der Waals surface area contributed by atoms with Gasteiger partial charge in [-0.25, -0.2) is 13.9 Å². The minimum Gasteiger partial charge on any atom is -0.453 e. The summed E-state index contributed by atoms with van der Waals surface area (Å²) in [5.41, 5.74) is 6.04. The fourth-order valence-corrected chi connectivity index (χ4v) is 3.27. The minimum atomic E-state index is -0.735. The van der Waals surface area contributed by atoms with E-state index in [9.17, 15) is 14.0 Å². The summed E-state index contributed by atoms with van der Waals surface area (Å²) < 4.78 is 19.8. The molecule has 11 heteroatoms. The number of benzene rings is 2. The molecule has 0 bridgehead atoms. The number of nitrogens with zero attached hydrogens (tertiary/aromatic N) is 5. The maximum atomic E-state index is 13.1. The van der Waals surface area contributed by atoms with Crippen LogP contribution in [-0.4, -0.2) is 30.7 Å². The highest BCUT2D eigenvalue weighted by Gasteiger charge is 2.19. The van der Waals surface area contributed by atoms with Gasteiger partial charge in [-0.3, -0.25) is 4.79 Å². The molecule has 34 heavy (non-hydrogen) atoms. The zero-order valence-electron chi connectivity index (χ0n) is 18.5. The first-order valence-corrected chi connectivity index (χ1v) is 10.5. The van der Waals surface area contributed by atoms with E-state index in [2.05, 4.69) is 25.4 Å². The number of nitrogen functional groups attached to an aromatic ring is 1. The van der Waals surface area contributed by atoms with Gasteiger partial charge in [-0.2, -0.15) is 20.1 Å². The van der Waals surface area contributed by atoms with Crippen LogP contribution in [0, 0.1) is 11.7 Å². The van der Waals surface area contributed by atoms with Crippen LogP contribution in [-0.2, 0) is 17.9 Å². The van der Waals surface area contributed by atoms with Crippen molar-refractivity contribution in [1.82, 2.24) is 24.7 Å². The van der Waals surface area contributed by atoms with Crippen LogP contribution in [0.1, 0.15) is 30.2 Å². The van der Waals surface area contributed by atoms with Gasteiger partial charge in [-0.1, -0.05) is 32.0 Å². The summed E-state index contributed by atoms with van der Waals surface area (Å²) in [5, 5.41) is 7.92. The molecular weight excluding hydrogens is 441 g/mol. The van der Waals surface area contributed by atoms with Crippen LogP contribution in [0.3, 0.4) is 0 Å². The van der Waals surface area contributed by atoms with E-state index in [1.165, 1.54) is 28.9 Å². The number of carbonyl (C=O) groups is 1. The number of halogens is 1. The number of anilines is 3. The summed E-state index contributed by atoms with van der Waals surface area (Å²) in [5.74, 6) is -0.838. The Hall–Kier alpha value is -4.41. The molecule has 2 aromatic carbocycles. The molecule has 0 aliphatic rings. The Morgan fingerprint density at radius 1 is 1.09 bits per heavy atom. The number of carbonyl (C=O) groups excluding carboxylic acids is 1. The monoisotopic (exact) mass is 463 g/mol. The molecule has 0 saturated heterocycles. The van der Waals surface area contributed by atoms with E-state index >= 15 is 0 Å². The number of nitrogens with one attached hydrogen (secondary N) is 1. The van der Waals surface area contributed by atoms with Crippen molar-refractivity contribution in [2.45, 2.75) is 27.0 Å². The molecule has 0 unspecified atom stereocenters. The first kappa shape index (κ1) is 22.8. The Bertz CT molecular complexity index is 1400. The molecule has 0 radical (unpaired) electrons. The average Bonchev–Trinajstić information content (AvgIpc) is 2.80. The Labute approximate surface area is 193 Å². The molecule has 2 aromatic heterocycles. The molecule has 0 amide bonds. The predicted octanol–water partition coefficient (Wildman–Crippen LogP) is 3.06. The summed E-state index contributed by atoms with van der Waals surface area (Å²) >= 11 is 0. The van der Waals surface area contributed by atoms with E-state index in [4.69, 9.17) is 10.5 Å². The third-order valence-corrected chi connectivity index (χ3v) is 4.73. The fraction of sp³-hybridized carbons (Fsp3) is 0.217. The Balaban J connectivity index is 1.57. The van der Waals surface area contributed by atoms with Gasteiger partial charge in [-0.15, -0.1) is 0 Å². The molecule has 0 saturated carbocycles. The number of aromatic nitrogens is 5. The van der Waals surface area contributed by atoms with Crippen LogP contribution >= 0.6 is 0 Å². The van der Waals surface area contributed by atoms with Crippen LogP contribution < -0.4 is 16.6 Å². The van der Waals surface area contributed by atoms with Crippen molar-refractivity contribution in [3.63, 3.8) is 0 Å². The number of fused-ring (bicyclic) bond motifs is 1. The molecule has 10 nitrogen and oxygen atoms in total. The summed E-state index contributed by atoms with van der Waals surface area (Å²) in [6, 6.07) is 12.3. The number of hydrogen-bond acceptors (Lipinski definition) is 9. The Morgan fingerprint density at radius 3 is 2.50 bits per heavy atom. The van der Waals surface area contributed by atoms with Crippen LogP contribution in [0.15, 0.2) is 53.3 Å². The highest BCUT2D eigenvalue weighted by molar-refractivity contribution is 6.02. The number of hydrogen-bond donors (Lipinski definition) is 2. The molecule has 0 spiro atoms. The van der Waals surface area contributed by atoms with Gasteiger partial charge < -0.3 is 15.8 Å². The van der Waals surface area contributed by atoms with Crippen molar-refractivity contribution in [1.29, 1.82) is 0 Å². The Kier molecular flexibility index (Phi) is 6.44. The lowest BCUT2D eigenvalue weighted by Gasteiger charge is -2.12. The molecule has 3 N–H and O–H groups in total. The number of rotatable bonds is 7. The molecule has 0 aliphatic heterocycles. The Morgan fingerprint density at radius 2 is 1.79 bits per heavy atom. The second-order valence-electron chi connectivity index (χ2n) is 7.92. The predicted molar refractivity (Wildman–Crippen MR) is 124 cm³/mol. The van der Waals surface area contributed by atoms with Crippen molar-refractivity contribution in [2.75, 3.05) is 11.1 Å².